The van der Waals surface area contributed by atoms with Gasteiger partial charge in [0.25, 0.3) is 0 Å². The molecule has 1 saturated carbocycles. The average molecular weight is 373 g/mol. The SMILES string of the molecule is CCN=C(NC1CCCN(c2ncccn2)C1)NC1C2CCOC2C1(C)C. The van der Waals surface area contributed by atoms with Crippen LogP contribution in [0.2, 0.25) is 0 Å². The quantitative estimate of drug-likeness (QED) is 0.620. The summed E-state index contributed by atoms with van der Waals surface area (Å²) in [6, 6.07) is 2.62. The number of hydrogen-bond acceptors (Lipinski definition) is 5. The maximum absolute atomic E-state index is 5.93. The van der Waals surface area contributed by atoms with Gasteiger partial charge in [-0.1, -0.05) is 13.8 Å². The zero-order valence-corrected chi connectivity index (χ0v) is 16.7. The lowest BCUT2D eigenvalue weighted by Gasteiger charge is -2.55. The first kappa shape index (κ1) is 18.5. The topological polar surface area (TPSA) is 74.7 Å². The monoisotopic (exact) mass is 372 g/mol. The first-order valence-corrected chi connectivity index (χ1v) is 10.3. The van der Waals surface area contributed by atoms with Gasteiger partial charge in [0, 0.05) is 62.1 Å². The molecule has 4 unspecified atom stereocenters. The Balaban J connectivity index is 1.39. The van der Waals surface area contributed by atoms with Gasteiger partial charge in [-0.2, -0.15) is 0 Å². The van der Waals surface area contributed by atoms with Gasteiger partial charge in [0.1, 0.15) is 0 Å². The van der Waals surface area contributed by atoms with Crippen molar-refractivity contribution in [2.24, 2.45) is 16.3 Å². The Hall–Kier alpha value is -1.89. The van der Waals surface area contributed by atoms with Crippen LogP contribution in [0.1, 0.15) is 40.0 Å². The Labute approximate surface area is 162 Å². The van der Waals surface area contributed by atoms with Crippen LogP contribution in [0.5, 0.6) is 0 Å². The predicted octanol–water partition coefficient (Wildman–Crippen LogP) is 1.81. The average Bonchev–Trinajstić information content (AvgIpc) is 3.14. The maximum Gasteiger partial charge on any atom is 0.225 e. The fourth-order valence-electron chi connectivity index (χ4n) is 4.98. The van der Waals surface area contributed by atoms with Crippen molar-refractivity contribution in [1.82, 2.24) is 20.6 Å². The van der Waals surface area contributed by atoms with Gasteiger partial charge < -0.3 is 20.3 Å². The Morgan fingerprint density at radius 1 is 1.30 bits per heavy atom. The number of rotatable bonds is 4. The Bertz CT molecular complexity index is 664. The molecule has 3 fully saturated rings. The molecule has 1 aromatic heterocycles. The minimum Gasteiger partial charge on any atom is -0.377 e. The molecule has 4 atom stereocenters. The molecule has 7 heteroatoms. The molecule has 0 spiro atoms. The highest BCUT2D eigenvalue weighted by atomic mass is 16.5. The van der Waals surface area contributed by atoms with E-state index in [9.17, 15) is 0 Å². The number of aliphatic imine (C=N–C) groups is 1. The Morgan fingerprint density at radius 3 is 2.89 bits per heavy atom. The van der Waals surface area contributed by atoms with Gasteiger partial charge in [-0.3, -0.25) is 4.99 Å². The van der Waals surface area contributed by atoms with Crippen LogP contribution in [0.3, 0.4) is 0 Å². The van der Waals surface area contributed by atoms with Gasteiger partial charge in [-0.15, -0.1) is 0 Å². The van der Waals surface area contributed by atoms with Crippen molar-refractivity contribution in [3.8, 4) is 0 Å². The Kier molecular flexibility index (Phi) is 5.21. The van der Waals surface area contributed by atoms with E-state index < -0.39 is 0 Å². The predicted molar refractivity (Wildman–Crippen MR) is 107 cm³/mol. The second-order valence-corrected chi connectivity index (χ2v) is 8.49. The summed E-state index contributed by atoms with van der Waals surface area (Å²) >= 11 is 0. The van der Waals surface area contributed by atoms with Crippen LogP contribution in [0, 0.1) is 11.3 Å². The van der Waals surface area contributed by atoms with Crippen molar-refractivity contribution in [3.63, 3.8) is 0 Å². The molecule has 4 rings (SSSR count). The highest BCUT2D eigenvalue weighted by Gasteiger charge is 2.59. The largest absolute Gasteiger partial charge is 0.377 e. The fraction of sp³-hybridized carbons (Fsp3) is 0.750. The number of hydrogen-bond donors (Lipinski definition) is 2. The molecule has 3 heterocycles. The van der Waals surface area contributed by atoms with E-state index >= 15 is 0 Å². The van der Waals surface area contributed by atoms with Crippen LogP contribution in [0.25, 0.3) is 0 Å². The summed E-state index contributed by atoms with van der Waals surface area (Å²) in [4.78, 5) is 15.8. The third-order valence-electron chi connectivity index (χ3n) is 6.31. The summed E-state index contributed by atoms with van der Waals surface area (Å²) in [5.74, 6) is 2.35. The maximum atomic E-state index is 5.93. The molecule has 0 aromatic carbocycles. The van der Waals surface area contributed by atoms with Crippen molar-refractivity contribution in [2.75, 3.05) is 31.1 Å². The smallest absolute Gasteiger partial charge is 0.225 e. The third-order valence-corrected chi connectivity index (χ3v) is 6.31. The summed E-state index contributed by atoms with van der Waals surface area (Å²) in [5.41, 5.74) is 0.147. The molecule has 7 nitrogen and oxygen atoms in total. The standard InChI is InChI=1S/C20H32N6O/c1-4-21-18(25-16-15-8-12-27-17(15)20(16,2)3)24-14-7-5-11-26(13-14)19-22-9-6-10-23-19/h6,9-10,14-17H,4-5,7-8,11-13H2,1-3H3,(H2,21,24,25). The van der Waals surface area contributed by atoms with E-state index in [0.717, 1.165) is 57.4 Å². The summed E-state index contributed by atoms with van der Waals surface area (Å²) in [6.45, 7) is 10.3. The molecule has 0 radical (unpaired) electrons. The van der Waals surface area contributed by atoms with E-state index in [1.807, 2.05) is 18.5 Å². The van der Waals surface area contributed by atoms with E-state index in [2.05, 4.69) is 46.3 Å². The van der Waals surface area contributed by atoms with Crippen LogP contribution < -0.4 is 15.5 Å². The zero-order valence-electron chi connectivity index (χ0n) is 16.7. The second kappa shape index (κ2) is 7.62. The lowest BCUT2D eigenvalue weighted by Crippen LogP contribution is -2.68. The minimum absolute atomic E-state index is 0.147. The number of anilines is 1. The molecule has 2 saturated heterocycles. The normalized spacial score (nSPS) is 32.6. The van der Waals surface area contributed by atoms with Crippen LogP contribution in [0.4, 0.5) is 5.95 Å². The van der Waals surface area contributed by atoms with E-state index in [4.69, 9.17) is 9.73 Å². The highest BCUT2D eigenvalue weighted by molar-refractivity contribution is 5.81. The number of fused-ring (bicyclic) bond motifs is 1. The van der Waals surface area contributed by atoms with E-state index in [1.54, 1.807) is 0 Å². The van der Waals surface area contributed by atoms with Crippen molar-refractivity contribution >= 4 is 11.9 Å². The van der Waals surface area contributed by atoms with Crippen molar-refractivity contribution in [1.29, 1.82) is 0 Å². The van der Waals surface area contributed by atoms with E-state index in [0.29, 0.717) is 24.1 Å². The van der Waals surface area contributed by atoms with E-state index in [-0.39, 0.29) is 5.41 Å². The third kappa shape index (κ3) is 3.61. The van der Waals surface area contributed by atoms with Crippen molar-refractivity contribution < 1.29 is 4.74 Å². The lowest BCUT2D eigenvalue weighted by atomic mass is 9.57. The Morgan fingerprint density at radius 2 is 2.11 bits per heavy atom. The summed E-state index contributed by atoms with van der Waals surface area (Å²) in [6.07, 6.45) is 7.42. The van der Waals surface area contributed by atoms with Gasteiger partial charge >= 0.3 is 0 Å². The van der Waals surface area contributed by atoms with Crippen LogP contribution in [0.15, 0.2) is 23.5 Å². The van der Waals surface area contributed by atoms with E-state index in [1.165, 1.54) is 0 Å². The van der Waals surface area contributed by atoms with Crippen LogP contribution in [-0.4, -0.2) is 60.4 Å². The molecule has 1 aliphatic carbocycles. The van der Waals surface area contributed by atoms with Gasteiger partial charge in [0.15, 0.2) is 5.96 Å². The van der Waals surface area contributed by atoms with Gasteiger partial charge in [0.05, 0.1) is 6.10 Å². The highest BCUT2D eigenvalue weighted by Crippen LogP contribution is 2.52. The molecule has 27 heavy (non-hydrogen) atoms. The first-order chi connectivity index (χ1) is 13.1. The van der Waals surface area contributed by atoms with Gasteiger partial charge in [-0.25, -0.2) is 9.97 Å². The molecule has 2 N–H and O–H groups in total. The number of guanidine groups is 1. The number of nitrogens with one attached hydrogen (secondary N) is 2. The first-order valence-electron chi connectivity index (χ1n) is 10.3. The van der Waals surface area contributed by atoms with Gasteiger partial charge in [-0.05, 0) is 32.3 Å². The lowest BCUT2D eigenvalue weighted by molar-refractivity contribution is -0.106. The number of ether oxygens (including phenoxy) is 1. The number of piperidine rings is 1. The number of aromatic nitrogens is 2. The molecule has 1 aromatic rings. The summed E-state index contributed by atoms with van der Waals surface area (Å²) in [7, 11) is 0. The van der Waals surface area contributed by atoms with Crippen LogP contribution in [-0.2, 0) is 4.74 Å². The molecule has 3 aliphatic rings. The second-order valence-electron chi connectivity index (χ2n) is 8.49. The van der Waals surface area contributed by atoms with Crippen LogP contribution >= 0.6 is 0 Å². The molecule has 0 amide bonds. The molecule has 148 valence electrons. The number of nitrogens with zero attached hydrogens (tertiary/aromatic N) is 4. The fourth-order valence-corrected chi connectivity index (χ4v) is 4.98. The molecule has 2 aliphatic heterocycles. The molecular weight excluding hydrogens is 340 g/mol. The molecular formula is C20H32N6O. The van der Waals surface area contributed by atoms with Crippen molar-refractivity contribution in [3.05, 3.63) is 18.5 Å². The molecule has 0 bridgehead atoms. The summed E-state index contributed by atoms with van der Waals surface area (Å²) in [5, 5.41) is 7.40. The summed E-state index contributed by atoms with van der Waals surface area (Å²) < 4.78 is 5.93. The minimum atomic E-state index is 0.147. The van der Waals surface area contributed by atoms with Crippen molar-refractivity contribution in [2.45, 2.75) is 58.2 Å². The zero-order chi connectivity index (χ0) is 18.9. The van der Waals surface area contributed by atoms with Gasteiger partial charge in [0.2, 0.25) is 5.95 Å².